The SMILES string of the molecule is O=C(c1ccc[nH]1)N1C[C@@H]2c3ccccc3OC[C@]2(C(=O)O)C1. The maximum Gasteiger partial charge on any atom is 0.315 e. The van der Waals surface area contributed by atoms with Crippen LogP contribution in [0.15, 0.2) is 42.6 Å². The Hall–Kier alpha value is -2.76. The normalized spacial score (nSPS) is 25.4. The Morgan fingerprint density at radius 1 is 1.26 bits per heavy atom. The molecule has 0 spiro atoms. The maximum absolute atomic E-state index is 12.6. The van der Waals surface area contributed by atoms with Crippen LogP contribution in [-0.4, -0.2) is 46.6 Å². The average molecular weight is 312 g/mol. The first-order valence-corrected chi connectivity index (χ1v) is 7.49. The Morgan fingerprint density at radius 3 is 2.83 bits per heavy atom. The van der Waals surface area contributed by atoms with Crippen LogP contribution < -0.4 is 4.74 Å². The molecule has 2 aliphatic rings. The lowest BCUT2D eigenvalue weighted by molar-refractivity contribution is -0.151. The van der Waals surface area contributed by atoms with Crippen molar-refractivity contribution < 1.29 is 19.4 Å². The van der Waals surface area contributed by atoms with Crippen LogP contribution in [0.1, 0.15) is 22.0 Å². The van der Waals surface area contributed by atoms with Crippen LogP contribution in [0, 0.1) is 5.41 Å². The van der Waals surface area contributed by atoms with Crippen molar-refractivity contribution in [2.75, 3.05) is 19.7 Å². The molecule has 1 amide bonds. The van der Waals surface area contributed by atoms with E-state index in [2.05, 4.69) is 4.98 Å². The van der Waals surface area contributed by atoms with Gasteiger partial charge in [-0.15, -0.1) is 0 Å². The summed E-state index contributed by atoms with van der Waals surface area (Å²) in [5.41, 5.74) is 0.248. The van der Waals surface area contributed by atoms with E-state index < -0.39 is 11.4 Å². The fourth-order valence-corrected chi connectivity index (χ4v) is 3.63. The number of H-pyrrole nitrogens is 1. The van der Waals surface area contributed by atoms with Crippen molar-refractivity contribution in [1.29, 1.82) is 0 Å². The zero-order chi connectivity index (χ0) is 16.0. The molecule has 2 aliphatic heterocycles. The van der Waals surface area contributed by atoms with E-state index in [0.29, 0.717) is 18.0 Å². The number of nitrogens with one attached hydrogen (secondary N) is 1. The number of nitrogens with zero attached hydrogens (tertiary/aromatic N) is 1. The second kappa shape index (κ2) is 4.87. The highest BCUT2D eigenvalue weighted by molar-refractivity contribution is 5.93. The molecule has 1 aromatic heterocycles. The molecule has 0 saturated carbocycles. The maximum atomic E-state index is 12.6. The lowest BCUT2D eigenvalue weighted by Crippen LogP contribution is -2.46. The number of carbonyl (C=O) groups excluding carboxylic acids is 1. The van der Waals surface area contributed by atoms with E-state index >= 15 is 0 Å². The van der Waals surface area contributed by atoms with Crippen LogP contribution in [0.25, 0.3) is 0 Å². The largest absolute Gasteiger partial charge is 0.492 e. The molecule has 2 atom stereocenters. The van der Waals surface area contributed by atoms with Crippen molar-refractivity contribution in [3.63, 3.8) is 0 Å². The number of aromatic nitrogens is 1. The predicted octanol–water partition coefficient (Wildman–Crippen LogP) is 1.72. The van der Waals surface area contributed by atoms with E-state index in [9.17, 15) is 14.7 Å². The standard InChI is InChI=1S/C17H16N2O4/c20-15(13-5-3-7-18-13)19-8-12-11-4-1-2-6-14(11)23-10-17(12,9-19)16(21)22/h1-7,12,18H,8-10H2,(H,21,22)/t12-,17-/m1/s1. The van der Waals surface area contributed by atoms with Crippen LogP contribution in [0.3, 0.4) is 0 Å². The number of amides is 1. The molecule has 6 heteroatoms. The number of carboxylic acids is 1. The quantitative estimate of drug-likeness (QED) is 0.884. The van der Waals surface area contributed by atoms with Crippen LogP contribution in [0.4, 0.5) is 0 Å². The molecule has 1 saturated heterocycles. The lowest BCUT2D eigenvalue weighted by Gasteiger charge is -2.35. The highest BCUT2D eigenvalue weighted by atomic mass is 16.5. The number of carbonyl (C=O) groups is 2. The molecule has 1 fully saturated rings. The topological polar surface area (TPSA) is 82.6 Å². The van der Waals surface area contributed by atoms with Gasteiger partial charge in [-0.05, 0) is 18.2 Å². The number of para-hydroxylation sites is 1. The highest BCUT2D eigenvalue weighted by Crippen LogP contribution is 2.49. The molecule has 2 N–H and O–H groups in total. The van der Waals surface area contributed by atoms with Crippen molar-refractivity contribution in [3.8, 4) is 5.75 Å². The van der Waals surface area contributed by atoms with Crippen LogP contribution >= 0.6 is 0 Å². The summed E-state index contributed by atoms with van der Waals surface area (Å²) in [6.07, 6.45) is 1.68. The van der Waals surface area contributed by atoms with Crippen molar-refractivity contribution in [2.45, 2.75) is 5.92 Å². The number of rotatable bonds is 2. The zero-order valence-electron chi connectivity index (χ0n) is 12.4. The molecule has 0 unspecified atom stereocenters. The fraction of sp³-hybridized carbons (Fsp3) is 0.294. The van der Waals surface area contributed by atoms with Gasteiger partial charge in [-0.3, -0.25) is 9.59 Å². The number of ether oxygens (including phenoxy) is 1. The van der Waals surface area contributed by atoms with Gasteiger partial charge in [0.05, 0.1) is 0 Å². The molecular weight excluding hydrogens is 296 g/mol. The summed E-state index contributed by atoms with van der Waals surface area (Å²) in [5, 5.41) is 9.83. The number of hydrogen-bond acceptors (Lipinski definition) is 3. The van der Waals surface area contributed by atoms with E-state index in [-0.39, 0.29) is 25.0 Å². The van der Waals surface area contributed by atoms with Gasteiger partial charge in [0.25, 0.3) is 5.91 Å². The van der Waals surface area contributed by atoms with Gasteiger partial charge in [-0.1, -0.05) is 18.2 Å². The first-order chi connectivity index (χ1) is 11.1. The molecule has 2 aromatic rings. The summed E-state index contributed by atoms with van der Waals surface area (Å²) in [7, 11) is 0. The molecule has 3 heterocycles. The van der Waals surface area contributed by atoms with E-state index in [1.165, 1.54) is 0 Å². The Morgan fingerprint density at radius 2 is 2.09 bits per heavy atom. The minimum Gasteiger partial charge on any atom is -0.492 e. The van der Waals surface area contributed by atoms with Crippen LogP contribution in [-0.2, 0) is 4.79 Å². The summed E-state index contributed by atoms with van der Waals surface area (Å²) in [6, 6.07) is 10.9. The van der Waals surface area contributed by atoms with Crippen molar-refractivity contribution >= 4 is 11.9 Å². The fourth-order valence-electron chi connectivity index (χ4n) is 3.63. The third kappa shape index (κ3) is 1.94. The number of hydrogen-bond donors (Lipinski definition) is 2. The van der Waals surface area contributed by atoms with Crippen molar-refractivity contribution in [2.24, 2.45) is 5.41 Å². The number of aromatic amines is 1. The molecule has 0 aliphatic carbocycles. The van der Waals surface area contributed by atoms with Crippen molar-refractivity contribution in [3.05, 3.63) is 53.9 Å². The minimum absolute atomic E-state index is 0.0819. The summed E-state index contributed by atoms with van der Waals surface area (Å²) in [6.45, 7) is 0.613. The van der Waals surface area contributed by atoms with Gasteiger partial charge >= 0.3 is 5.97 Å². The molecule has 1 aromatic carbocycles. The number of carboxylic acid groups (broad SMARTS) is 1. The number of aliphatic carboxylic acids is 1. The Kier molecular flexibility index (Phi) is 2.94. The first-order valence-electron chi connectivity index (χ1n) is 7.49. The van der Waals surface area contributed by atoms with Gasteiger partial charge in [0, 0.05) is 30.8 Å². The Labute approximate surface area is 132 Å². The minimum atomic E-state index is -1.09. The summed E-state index contributed by atoms with van der Waals surface area (Å²) in [5.74, 6) is -0.645. The summed E-state index contributed by atoms with van der Waals surface area (Å²) in [4.78, 5) is 29.1. The summed E-state index contributed by atoms with van der Waals surface area (Å²) < 4.78 is 5.69. The van der Waals surface area contributed by atoms with Gasteiger partial charge in [0.2, 0.25) is 0 Å². The molecule has 0 bridgehead atoms. The van der Waals surface area contributed by atoms with Gasteiger partial charge in [0.1, 0.15) is 23.5 Å². The lowest BCUT2D eigenvalue weighted by atomic mass is 9.73. The second-order valence-electron chi connectivity index (χ2n) is 6.11. The third-order valence-electron chi connectivity index (χ3n) is 4.86. The zero-order valence-corrected chi connectivity index (χ0v) is 12.4. The van der Waals surface area contributed by atoms with E-state index in [1.807, 2.05) is 24.3 Å². The van der Waals surface area contributed by atoms with E-state index in [0.717, 1.165) is 5.56 Å². The highest BCUT2D eigenvalue weighted by Gasteiger charge is 2.57. The predicted molar refractivity (Wildman–Crippen MR) is 81.4 cm³/mol. The molecular formula is C17H16N2O4. The van der Waals surface area contributed by atoms with Gasteiger partial charge in [-0.25, -0.2) is 0 Å². The Bertz CT molecular complexity index is 771. The van der Waals surface area contributed by atoms with Gasteiger partial charge < -0.3 is 19.7 Å². The number of fused-ring (bicyclic) bond motifs is 3. The molecule has 6 nitrogen and oxygen atoms in total. The van der Waals surface area contributed by atoms with Crippen LogP contribution in [0.5, 0.6) is 5.75 Å². The number of benzene rings is 1. The summed E-state index contributed by atoms with van der Waals surface area (Å²) >= 11 is 0. The second-order valence-corrected chi connectivity index (χ2v) is 6.11. The van der Waals surface area contributed by atoms with Crippen molar-refractivity contribution in [1.82, 2.24) is 9.88 Å². The molecule has 118 valence electrons. The first kappa shape index (κ1) is 13.9. The molecule has 4 rings (SSSR count). The van der Waals surface area contributed by atoms with Gasteiger partial charge in [-0.2, -0.15) is 0 Å². The third-order valence-corrected chi connectivity index (χ3v) is 4.86. The average Bonchev–Trinajstić information content (AvgIpc) is 3.22. The van der Waals surface area contributed by atoms with E-state index in [1.54, 1.807) is 23.2 Å². The van der Waals surface area contributed by atoms with Gasteiger partial charge in [0.15, 0.2) is 0 Å². The monoisotopic (exact) mass is 312 g/mol. The van der Waals surface area contributed by atoms with E-state index in [4.69, 9.17) is 4.74 Å². The smallest absolute Gasteiger partial charge is 0.315 e. The molecule has 23 heavy (non-hydrogen) atoms. The number of likely N-dealkylation sites (tertiary alicyclic amines) is 1. The van der Waals surface area contributed by atoms with Crippen LogP contribution in [0.2, 0.25) is 0 Å². The molecule has 0 radical (unpaired) electrons. The Balaban J connectivity index is 1.73.